The van der Waals surface area contributed by atoms with Gasteiger partial charge in [-0.1, -0.05) is 0 Å². The van der Waals surface area contributed by atoms with Crippen LogP contribution in [0.25, 0.3) is 0 Å². The van der Waals surface area contributed by atoms with E-state index in [1.165, 1.54) is 0 Å². The van der Waals surface area contributed by atoms with Gasteiger partial charge in [0.1, 0.15) is 0 Å². The van der Waals surface area contributed by atoms with E-state index in [1.54, 1.807) is 0 Å². The Labute approximate surface area is 69.7 Å². The summed E-state index contributed by atoms with van der Waals surface area (Å²) in [5.41, 5.74) is 4.78. The van der Waals surface area contributed by atoms with Gasteiger partial charge in [-0.25, -0.2) is 0 Å². The van der Waals surface area contributed by atoms with Crippen LogP contribution in [-0.4, -0.2) is 42.8 Å². The zero-order valence-corrected chi connectivity index (χ0v) is 7.42. The molecule has 5 N–H and O–H groups in total. The summed E-state index contributed by atoms with van der Waals surface area (Å²) in [5.74, 6) is -0.354. The molecule has 0 aromatic carbocycles. The third-order valence-electron chi connectivity index (χ3n) is 0.376. The number of rotatable bonds is 2. The largest absolute Gasteiger partial charge is 0.394 e. The number of hydrogen-bond donors (Lipinski definition) is 4. The molecular weight excluding hydrogens is 214 g/mol. The van der Waals surface area contributed by atoms with Gasteiger partial charge >= 0.3 is 10.4 Å². The number of nitrogens with two attached hydrogens (primary N) is 1. The van der Waals surface area contributed by atoms with Crippen LogP contribution >= 0.6 is 0 Å². The van der Waals surface area contributed by atoms with E-state index in [2.05, 4.69) is 0 Å². The topological polar surface area (TPSA) is 155 Å². The summed E-state index contributed by atoms with van der Waals surface area (Å²) in [6, 6.07) is 0. The Balaban J connectivity index is 0. The Kier molecular flexibility index (Phi) is 6.42. The lowest BCUT2D eigenvalue weighted by Gasteiger charge is -1.86. The van der Waals surface area contributed by atoms with Gasteiger partial charge in [-0.2, -0.15) is 16.8 Å². The quantitative estimate of drug-likeness (QED) is 0.399. The maximum Gasteiger partial charge on any atom is 0.394 e. The molecule has 0 fully saturated rings. The van der Waals surface area contributed by atoms with Crippen molar-refractivity contribution in [3.05, 3.63) is 0 Å². The second kappa shape index (κ2) is 5.40. The summed E-state index contributed by atoms with van der Waals surface area (Å²) >= 11 is 0. The normalized spacial score (nSPS) is 11.7. The monoisotopic (exact) mass is 223 g/mol. The first kappa shape index (κ1) is 14.3. The third kappa shape index (κ3) is 53.2. The van der Waals surface area contributed by atoms with Crippen molar-refractivity contribution in [2.24, 2.45) is 5.73 Å². The van der Waals surface area contributed by atoms with E-state index < -0.39 is 20.5 Å². The molecule has 0 unspecified atom stereocenters. The molecular formula is C2H9NO7S2. The highest BCUT2D eigenvalue weighted by Gasteiger charge is 1.98. The fraction of sp³-hybridized carbons (Fsp3) is 1.00. The standard InChI is InChI=1S/C2H7NO3S.H2O4S/c3-1-2-7(4,5)6;1-5(2,3)4/h1-3H2,(H,4,5,6);(H2,1,2,3,4). The molecule has 0 atom stereocenters. The predicted octanol–water partition coefficient (Wildman–Crippen LogP) is -1.82. The van der Waals surface area contributed by atoms with Crippen molar-refractivity contribution in [3.8, 4) is 0 Å². The number of hydrogen-bond acceptors (Lipinski definition) is 5. The highest BCUT2D eigenvalue weighted by molar-refractivity contribution is 7.85. The lowest BCUT2D eigenvalue weighted by molar-refractivity contribution is 0.381. The van der Waals surface area contributed by atoms with Crippen LogP contribution in [0.1, 0.15) is 0 Å². The van der Waals surface area contributed by atoms with Crippen LogP contribution in [0.4, 0.5) is 0 Å². The van der Waals surface area contributed by atoms with E-state index >= 15 is 0 Å². The van der Waals surface area contributed by atoms with Crippen molar-refractivity contribution in [1.29, 1.82) is 0 Å². The summed E-state index contributed by atoms with van der Waals surface area (Å²) in [6.45, 7) is -0.0289. The minimum Gasteiger partial charge on any atom is -0.329 e. The molecule has 8 nitrogen and oxygen atoms in total. The molecule has 0 aromatic heterocycles. The summed E-state index contributed by atoms with van der Waals surface area (Å²) in [5, 5.41) is 0. The van der Waals surface area contributed by atoms with Crippen molar-refractivity contribution in [2.75, 3.05) is 12.3 Å². The van der Waals surface area contributed by atoms with Crippen LogP contribution in [0.15, 0.2) is 0 Å². The van der Waals surface area contributed by atoms with Crippen LogP contribution in [-0.2, 0) is 20.5 Å². The van der Waals surface area contributed by atoms with E-state index in [-0.39, 0.29) is 12.3 Å². The van der Waals surface area contributed by atoms with Gasteiger partial charge in [-0.05, 0) is 0 Å². The molecule has 0 bridgehead atoms. The van der Waals surface area contributed by atoms with Crippen LogP contribution in [0.3, 0.4) is 0 Å². The van der Waals surface area contributed by atoms with Gasteiger partial charge in [-0.3, -0.25) is 13.7 Å². The van der Waals surface area contributed by atoms with Gasteiger partial charge in [0.2, 0.25) is 0 Å². The van der Waals surface area contributed by atoms with Crippen molar-refractivity contribution < 1.29 is 30.5 Å². The van der Waals surface area contributed by atoms with E-state index in [0.717, 1.165) is 0 Å². The van der Waals surface area contributed by atoms with E-state index in [9.17, 15) is 8.42 Å². The first-order valence-electron chi connectivity index (χ1n) is 2.41. The second-order valence-corrected chi connectivity index (χ2v) is 3.99. The maximum atomic E-state index is 9.71. The Morgan fingerprint density at radius 2 is 1.25 bits per heavy atom. The van der Waals surface area contributed by atoms with E-state index in [4.69, 9.17) is 27.8 Å². The molecule has 10 heteroatoms. The maximum absolute atomic E-state index is 9.71. The first-order valence-corrected chi connectivity index (χ1v) is 5.42. The smallest absolute Gasteiger partial charge is 0.329 e. The Hall–Kier alpha value is -0.260. The molecule has 0 amide bonds. The molecule has 0 saturated heterocycles. The average molecular weight is 223 g/mol. The van der Waals surface area contributed by atoms with Crippen molar-refractivity contribution in [3.63, 3.8) is 0 Å². The Bertz CT molecular complexity index is 279. The van der Waals surface area contributed by atoms with Gasteiger partial charge in [-0.15, -0.1) is 0 Å². The zero-order chi connectivity index (χ0) is 10.4. The molecule has 0 aliphatic rings. The zero-order valence-electron chi connectivity index (χ0n) is 5.78. The molecule has 76 valence electrons. The average Bonchev–Trinajstić information content (AvgIpc) is 1.54. The molecule has 0 heterocycles. The minimum atomic E-state index is -4.67. The van der Waals surface area contributed by atoms with Crippen LogP contribution in [0.5, 0.6) is 0 Å². The van der Waals surface area contributed by atoms with Gasteiger partial charge in [0.25, 0.3) is 10.1 Å². The van der Waals surface area contributed by atoms with Crippen LogP contribution in [0.2, 0.25) is 0 Å². The lowest BCUT2D eigenvalue weighted by atomic mass is 10.8. The molecule has 0 saturated carbocycles. The predicted molar refractivity (Wildman–Crippen MR) is 39.6 cm³/mol. The summed E-state index contributed by atoms with van der Waals surface area (Å²) in [6.07, 6.45) is 0. The van der Waals surface area contributed by atoms with Crippen molar-refractivity contribution in [2.45, 2.75) is 0 Å². The minimum absolute atomic E-state index is 0.0289. The van der Waals surface area contributed by atoms with E-state index in [0.29, 0.717) is 0 Å². The second-order valence-electron chi connectivity index (χ2n) is 1.52. The molecule has 0 aliphatic carbocycles. The van der Waals surface area contributed by atoms with E-state index in [1.807, 2.05) is 0 Å². The molecule has 0 rings (SSSR count). The molecule has 0 radical (unpaired) electrons. The fourth-order valence-electron chi connectivity index (χ4n) is 0.149. The Morgan fingerprint density at radius 3 is 1.25 bits per heavy atom. The van der Waals surface area contributed by atoms with Crippen LogP contribution < -0.4 is 5.73 Å². The fourth-order valence-corrected chi connectivity index (χ4v) is 0.447. The van der Waals surface area contributed by atoms with Crippen molar-refractivity contribution >= 4 is 20.5 Å². The van der Waals surface area contributed by atoms with Crippen LogP contribution in [0, 0.1) is 0 Å². The molecule has 12 heavy (non-hydrogen) atoms. The summed E-state index contributed by atoms with van der Waals surface area (Å²) < 4.78 is 58.9. The SMILES string of the molecule is NCCS(=O)(=O)O.O=S(=O)(O)O. The lowest BCUT2D eigenvalue weighted by Crippen LogP contribution is -2.13. The summed E-state index contributed by atoms with van der Waals surface area (Å²) in [4.78, 5) is 0. The summed E-state index contributed by atoms with van der Waals surface area (Å²) in [7, 11) is -8.47. The highest BCUT2D eigenvalue weighted by Crippen LogP contribution is 1.74. The molecule has 0 aromatic rings. The Morgan fingerprint density at radius 1 is 1.00 bits per heavy atom. The first-order chi connectivity index (χ1) is 5.06. The highest BCUT2D eigenvalue weighted by atomic mass is 32.3. The van der Waals surface area contributed by atoms with Gasteiger partial charge < -0.3 is 5.73 Å². The van der Waals surface area contributed by atoms with Gasteiger partial charge in [0.15, 0.2) is 0 Å². The molecule has 0 spiro atoms. The molecule has 0 aliphatic heterocycles. The van der Waals surface area contributed by atoms with Gasteiger partial charge in [0.05, 0.1) is 5.75 Å². The third-order valence-corrected chi connectivity index (χ3v) is 1.13. The van der Waals surface area contributed by atoms with Crippen molar-refractivity contribution in [1.82, 2.24) is 0 Å². The van der Waals surface area contributed by atoms with Gasteiger partial charge in [0, 0.05) is 6.54 Å².